The second kappa shape index (κ2) is 11.8. The molecule has 8 nitrogen and oxygen atoms in total. The first-order valence-corrected chi connectivity index (χ1v) is 12.4. The maximum atomic E-state index is 11.6. The van der Waals surface area contributed by atoms with Gasteiger partial charge in [-0.05, 0) is 66.2 Å². The van der Waals surface area contributed by atoms with Crippen molar-refractivity contribution in [2.24, 2.45) is 5.73 Å². The van der Waals surface area contributed by atoms with Gasteiger partial charge in [0.1, 0.15) is 23.0 Å². The average Bonchev–Trinajstić information content (AvgIpc) is 2.98. The Kier molecular flexibility index (Phi) is 7.67. The van der Waals surface area contributed by atoms with Crippen molar-refractivity contribution in [3.63, 3.8) is 0 Å². The van der Waals surface area contributed by atoms with Gasteiger partial charge < -0.3 is 25.2 Å². The summed E-state index contributed by atoms with van der Waals surface area (Å²) in [6, 6.07) is 34.1. The fraction of sp³-hybridized carbons (Fsp3) is 0.0312. The van der Waals surface area contributed by atoms with Crippen LogP contribution in [0.4, 0.5) is 0 Å². The van der Waals surface area contributed by atoms with Gasteiger partial charge in [0.15, 0.2) is 0 Å². The largest absolute Gasteiger partial charge is 0.456 e. The van der Waals surface area contributed by atoms with Gasteiger partial charge in [-0.2, -0.15) is 5.26 Å². The molecule has 0 fully saturated rings. The van der Waals surface area contributed by atoms with Crippen molar-refractivity contribution in [2.75, 3.05) is 0 Å². The van der Waals surface area contributed by atoms with E-state index in [9.17, 15) is 9.59 Å². The zero-order chi connectivity index (χ0) is 27.9. The molecule has 0 unspecified atom stereocenters. The standard InChI is InChI=1S/C16H14N2O2.C16H10N2O2/c2*17-10-11-5-7-12(8-6-11)20-15-9-16(19)18-14-4-2-1-3-13(14)15/h1-9H,10,17H2,(H,18,19);1-9H,(H,18,19). The van der Waals surface area contributed by atoms with Crippen LogP contribution in [0.1, 0.15) is 11.1 Å². The zero-order valence-electron chi connectivity index (χ0n) is 21.3. The number of fused-ring (bicyclic) bond motifs is 2. The van der Waals surface area contributed by atoms with Gasteiger partial charge in [-0.3, -0.25) is 9.59 Å². The first kappa shape index (κ1) is 26.0. The number of nitrogens with two attached hydrogens (primary N) is 1. The number of rotatable bonds is 5. The summed E-state index contributed by atoms with van der Waals surface area (Å²) in [4.78, 5) is 28.8. The highest BCUT2D eigenvalue weighted by atomic mass is 16.5. The van der Waals surface area contributed by atoms with E-state index >= 15 is 0 Å². The fourth-order valence-corrected chi connectivity index (χ4v) is 4.06. The third kappa shape index (κ3) is 6.07. The number of H-pyrrole nitrogens is 2. The van der Waals surface area contributed by atoms with Gasteiger partial charge >= 0.3 is 0 Å². The summed E-state index contributed by atoms with van der Waals surface area (Å²) in [6.45, 7) is 0.494. The molecule has 2 heterocycles. The number of nitrogens with zero attached hydrogens (tertiary/aromatic N) is 1. The van der Waals surface area contributed by atoms with Gasteiger partial charge in [0.25, 0.3) is 11.1 Å². The second-order valence-electron chi connectivity index (χ2n) is 8.78. The Labute approximate surface area is 228 Å². The number of nitriles is 1. The minimum absolute atomic E-state index is 0.183. The zero-order valence-corrected chi connectivity index (χ0v) is 21.3. The molecule has 0 amide bonds. The summed E-state index contributed by atoms with van der Waals surface area (Å²) in [5, 5.41) is 10.5. The number of hydrogen-bond acceptors (Lipinski definition) is 6. The van der Waals surface area contributed by atoms with Crippen LogP contribution in [0.15, 0.2) is 119 Å². The molecule has 0 aliphatic rings. The summed E-state index contributed by atoms with van der Waals surface area (Å²) in [6.07, 6.45) is 0. The van der Waals surface area contributed by atoms with E-state index in [0.29, 0.717) is 35.1 Å². The molecule has 0 spiro atoms. The highest BCUT2D eigenvalue weighted by Crippen LogP contribution is 2.28. The molecule has 0 atom stereocenters. The monoisotopic (exact) mass is 528 g/mol. The van der Waals surface area contributed by atoms with E-state index in [4.69, 9.17) is 20.5 Å². The highest BCUT2D eigenvalue weighted by molar-refractivity contribution is 5.85. The lowest BCUT2D eigenvalue weighted by Gasteiger charge is -2.09. The van der Waals surface area contributed by atoms with Crippen LogP contribution >= 0.6 is 0 Å². The van der Waals surface area contributed by atoms with Gasteiger partial charge in [-0.25, -0.2) is 0 Å². The molecule has 196 valence electrons. The Bertz CT molecular complexity index is 1940. The molecule has 0 saturated carbocycles. The lowest BCUT2D eigenvalue weighted by atomic mass is 10.2. The number of aromatic nitrogens is 2. The van der Waals surface area contributed by atoms with Crippen molar-refractivity contribution in [2.45, 2.75) is 6.54 Å². The lowest BCUT2D eigenvalue weighted by Crippen LogP contribution is -2.04. The summed E-state index contributed by atoms with van der Waals surface area (Å²) in [5.41, 5.74) is 8.24. The Morgan fingerprint density at radius 2 is 1.10 bits per heavy atom. The third-order valence-corrected chi connectivity index (χ3v) is 6.02. The highest BCUT2D eigenvalue weighted by Gasteiger charge is 2.07. The summed E-state index contributed by atoms with van der Waals surface area (Å²) in [5.74, 6) is 2.30. The fourth-order valence-electron chi connectivity index (χ4n) is 4.06. The van der Waals surface area contributed by atoms with Crippen LogP contribution in [0, 0.1) is 11.3 Å². The van der Waals surface area contributed by atoms with E-state index < -0.39 is 0 Å². The maximum absolute atomic E-state index is 11.6. The molecule has 6 aromatic rings. The number of hydrogen-bond donors (Lipinski definition) is 3. The van der Waals surface area contributed by atoms with Crippen molar-refractivity contribution < 1.29 is 9.47 Å². The quantitative estimate of drug-likeness (QED) is 0.252. The van der Waals surface area contributed by atoms with Crippen molar-refractivity contribution in [3.05, 3.63) is 141 Å². The number of para-hydroxylation sites is 2. The average molecular weight is 529 g/mol. The lowest BCUT2D eigenvalue weighted by molar-refractivity contribution is 0.487. The number of aromatic amines is 2. The Morgan fingerprint density at radius 1 is 0.650 bits per heavy atom. The molecule has 40 heavy (non-hydrogen) atoms. The first-order chi connectivity index (χ1) is 19.5. The molecule has 0 bridgehead atoms. The van der Waals surface area contributed by atoms with E-state index in [1.54, 1.807) is 24.3 Å². The molecule has 0 aliphatic carbocycles. The van der Waals surface area contributed by atoms with E-state index in [0.717, 1.165) is 27.4 Å². The van der Waals surface area contributed by atoms with Gasteiger partial charge in [0.05, 0.1) is 22.7 Å². The topological polar surface area (TPSA) is 134 Å². The molecular weight excluding hydrogens is 504 g/mol. The van der Waals surface area contributed by atoms with E-state index in [2.05, 4.69) is 9.97 Å². The van der Waals surface area contributed by atoms with Crippen LogP contribution in [-0.2, 0) is 6.54 Å². The second-order valence-corrected chi connectivity index (χ2v) is 8.78. The Balaban J connectivity index is 0.000000161. The molecule has 6 rings (SSSR count). The molecule has 0 aliphatic heterocycles. The Hall–Kier alpha value is -5.65. The Morgan fingerprint density at radius 3 is 1.55 bits per heavy atom. The predicted octanol–water partition coefficient (Wildman–Crippen LogP) is 5.97. The predicted molar refractivity (Wildman–Crippen MR) is 155 cm³/mol. The van der Waals surface area contributed by atoms with Gasteiger partial charge in [0, 0.05) is 29.4 Å². The SMILES string of the molecule is N#Cc1ccc(Oc2cc(=O)[nH]c3ccccc23)cc1.NCc1ccc(Oc2cc(=O)[nH]c3ccccc23)cc1. The molecule has 4 N–H and O–H groups in total. The molecular formula is C32H24N4O4. The number of benzene rings is 4. The number of ether oxygens (including phenoxy) is 2. The number of nitrogens with one attached hydrogen (secondary N) is 2. The minimum Gasteiger partial charge on any atom is -0.456 e. The molecule has 4 aromatic carbocycles. The van der Waals surface area contributed by atoms with E-state index in [1.807, 2.05) is 78.9 Å². The van der Waals surface area contributed by atoms with Crippen molar-refractivity contribution in [3.8, 4) is 29.1 Å². The van der Waals surface area contributed by atoms with Crippen molar-refractivity contribution in [1.82, 2.24) is 9.97 Å². The smallest absolute Gasteiger partial charge is 0.252 e. The molecule has 0 radical (unpaired) electrons. The molecule has 8 heteroatoms. The molecule has 0 saturated heterocycles. The van der Waals surface area contributed by atoms with Crippen LogP contribution < -0.4 is 26.3 Å². The van der Waals surface area contributed by atoms with E-state index in [1.165, 1.54) is 12.1 Å². The van der Waals surface area contributed by atoms with Crippen molar-refractivity contribution in [1.29, 1.82) is 5.26 Å². The first-order valence-electron chi connectivity index (χ1n) is 12.4. The van der Waals surface area contributed by atoms with Crippen LogP contribution in [0.5, 0.6) is 23.0 Å². The normalized spacial score (nSPS) is 10.4. The van der Waals surface area contributed by atoms with Crippen LogP contribution in [0.25, 0.3) is 21.8 Å². The van der Waals surface area contributed by atoms with Crippen LogP contribution in [0.3, 0.4) is 0 Å². The number of pyridine rings is 2. The van der Waals surface area contributed by atoms with E-state index in [-0.39, 0.29) is 11.1 Å². The summed E-state index contributed by atoms with van der Waals surface area (Å²) in [7, 11) is 0. The van der Waals surface area contributed by atoms with Gasteiger partial charge in [0.2, 0.25) is 0 Å². The summed E-state index contributed by atoms with van der Waals surface area (Å²) < 4.78 is 11.6. The third-order valence-electron chi connectivity index (χ3n) is 6.02. The maximum Gasteiger partial charge on any atom is 0.252 e. The van der Waals surface area contributed by atoms with Crippen LogP contribution in [-0.4, -0.2) is 9.97 Å². The van der Waals surface area contributed by atoms with Gasteiger partial charge in [-0.15, -0.1) is 0 Å². The van der Waals surface area contributed by atoms with Gasteiger partial charge in [-0.1, -0.05) is 36.4 Å². The molecule has 2 aromatic heterocycles. The minimum atomic E-state index is -0.215. The summed E-state index contributed by atoms with van der Waals surface area (Å²) >= 11 is 0. The van der Waals surface area contributed by atoms with Crippen molar-refractivity contribution >= 4 is 21.8 Å². The van der Waals surface area contributed by atoms with Crippen LogP contribution in [0.2, 0.25) is 0 Å².